The molecule has 0 aliphatic carbocycles. The zero-order valence-electron chi connectivity index (χ0n) is 11.5. The highest BCUT2D eigenvalue weighted by Gasteiger charge is 2.24. The summed E-state index contributed by atoms with van der Waals surface area (Å²) >= 11 is 0. The lowest BCUT2D eigenvalue weighted by Crippen LogP contribution is -2.42. The normalized spacial score (nSPS) is 17.8. The van der Waals surface area contributed by atoms with E-state index in [-0.39, 0.29) is 11.8 Å². The minimum absolute atomic E-state index is 0.119. The van der Waals surface area contributed by atoms with Gasteiger partial charge in [-0.2, -0.15) is 5.10 Å². The molecule has 20 heavy (non-hydrogen) atoms. The van der Waals surface area contributed by atoms with Gasteiger partial charge >= 0.3 is 0 Å². The molecule has 0 saturated heterocycles. The molecule has 3 rings (SSSR count). The van der Waals surface area contributed by atoms with Gasteiger partial charge in [-0.1, -0.05) is 24.3 Å². The third-order valence-corrected chi connectivity index (χ3v) is 3.80. The van der Waals surface area contributed by atoms with Crippen LogP contribution < -0.4 is 5.32 Å². The van der Waals surface area contributed by atoms with E-state index in [1.54, 1.807) is 4.68 Å². The number of carbonyl (C=O) groups is 1. The second kappa shape index (κ2) is 5.54. The second-order valence-corrected chi connectivity index (χ2v) is 5.04. The van der Waals surface area contributed by atoms with Crippen LogP contribution in [-0.4, -0.2) is 26.6 Å². The van der Waals surface area contributed by atoms with Crippen molar-refractivity contribution in [2.24, 2.45) is 0 Å². The standard InChI is InChI=1S/C15H18N4O/c1-2-19-15(17-10-18-19)8-14(20)13-7-11-5-3-4-6-12(11)9-16-13/h3-6,10,13,16H,2,7-9H2,1H3. The van der Waals surface area contributed by atoms with E-state index in [1.165, 1.54) is 17.5 Å². The Kier molecular flexibility index (Phi) is 3.60. The average molecular weight is 270 g/mol. The van der Waals surface area contributed by atoms with E-state index in [4.69, 9.17) is 0 Å². The third kappa shape index (κ3) is 2.49. The number of rotatable bonds is 4. The first-order valence-electron chi connectivity index (χ1n) is 6.97. The van der Waals surface area contributed by atoms with Crippen LogP contribution in [-0.2, 0) is 30.7 Å². The van der Waals surface area contributed by atoms with E-state index in [9.17, 15) is 4.79 Å². The summed E-state index contributed by atoms with van der Waals surface area (Å²) in [6.07, 6.45) is 2.61. The molecule has 1 N–H and O–H groups in total. The SMILES string of the molecule is CCn1ncnc1CC(=O)C1Cc2ccccc2CN1. The van der Waals surface area contributed by atoms with Crippen LogP contribution in [0.5, 0.6) is 0 Å². The molecule has 1 aliphatic heterocycles. The topological polar surface area (TPSA) is 59.8 Å². The van der Waals surface area contributed by atoms with Gasteiger partial charge in [0.2, 0.25) is 0 Å². The lowest BCUT2D eigenvalue weighted by Gasteiger charge is -2.25. The Labute approximate surface area is 118 Å². The molecule has 0 amide bonds. The third-order valence-electron chi connectivity index (χ3n) is 3.80. The van der Waals surface area contributed by atoms with E-state index in [1.807, 2.05) is 19.1 Å². The molecule has 1 aromatic heterocycles. The van der Waals surface area contributed by atoms with Crippen molar-refractivity contribution in [2.75, 3.05) is 0 Å². The van der Waals surface area contributed by atoms with E-state index in [2.05, 4.69) is 27.5 Å². The van der Waals surface area contributed by atoms with E-state index in [0.29, 0.717) is 6.42 Å². The number of aromatic nitrogens is 3. The lowest BCUT2D eigenvalue weighted by molar-refractivity contribution is -0.120. The number of nitrogens with zero attached hydrogens (tertiary/aromatic N) is 3. The summed E-state index contributed by atoms with van der Waals surface area (Å²) in [4.78, 5) is 16.6. The van der Waals surface area contributed by atoms with Gasteiger partial charge in [0, 0.05) is 13.1 Å². The van der Waals surface area contributed by atoms with Crippen LogP contribution in [0.3, 0.4) is 0 Å². The molecule has 0 spiro atoms. The Morgan fingerprint density at radius 3 is 3.00 bits per heavy atom. The van der Waals surface area contributed by atoms with Gasteiger partial charge in [0.05, 0.1) is 12.5 Å². The van der Waals surface area contributed by atoms with Gasteiger partial charge in [-0.3, -0.25) is 4.79 Å². The number of Topliss-reactive ketones (excluding diaryl/α,β-unsaturated/α-hetero) is 1. The van der Waals surface area contributed by atoms with E-state index in [0.717, 1.165) is 25.3 Å². The molecule has 104 valence electrons. The molecule has 1 unspecified atom stereocenters. The van der Waals surface area contributed by atoms with E-state index < -0.39 is 0 Å². The van der Waals surface area contributed by atoms with Gasteiger partial charge in [-0.15, -0.1) is 0 Å². The maximum atomic E-state index is 12.4. The number of benzene rings is 1. The van der Waals surface area contributed by atoms with Crippen molar-refractivity contribution in [1.82, 2.24) is 20.1 Å². The summed E-state index contributed by atoms with van der Waals surface area (Å²) in [5.41, 5.74) is 2.55. The van der Waals surface area contributed by atoms with Gasteiger partial charge in [0.1, 0.15) is 12.2 Å². The van der Waals surface area contributed by atoms with Gasteiger partial charge in [-0.05, 0) is 24.5 Å². The molecule has 5 heteroatoms. The summed E-state index contributed by atoms with van der Waals surface area (Å²) in [7, 11) is 0. The van der Waals surface area contributed by atoms with Crippen molar-refractivity contribution in [3.63, 3.8) is 0 Å². The molecule has 5 nitrogen and oxygen atoms in total. The van der Waals surface area contributed by atoms with Crippen LogP contribution in [0, 0.1) is 0 Å². The highest BCUT2D eigenvalue weighted by molar-refractivity contribution is 5.86. The molecule has 0 fully saturated rings. The minimum Gasteiger partial charge on any atom is -0.303 e. The molecule has 0 bridgehead atoms. The number of aryl methyl sites for hydroxylation is 1. The quantitative estimate of drug-likeness (QED) is 0.904. The summed E-state index contributed by atoms with van der Waals surface area (Å²) in [6, 6.07) is 8.15. The fourth-order valence-corrected chi connectivity index (χ4v) is 2.65. The highest BCUT2D eigenvalue weighted by atomic mass is 16.1. The average Bonchev–Trinajstić information content (AvgIpc) is 2.94. The van der Waals surface area contributed by atoms with Crippen molar-refractivity contribution in [1.29, 1.82) is 0 Å². The smallest absolute Gasteiger partial charge is 0.157 e. The van der Waals surface area contributed by atoms with Crippen molar-refractivity contribution < 1.29 is 4.79 Å². The molecule has 1 atom stereocenters. The maximum Gasteiger partial charge on any atom is 0.157 e. The summed E-state index contributed by atoms with van der Waals surface area (Å²) in [6.45, 7) is 3.49. The number of ketones is 1. The van der Waals surface area contributed by atoms with Crippen LogP contribution in [0.1, 0.15) is 23.9 Å². The second-order valence-electron chi connectivity index (χ2n) is 5.04. The van der Waals surface area contributed by atoms with Crippen LogP contribution in [0.15, 0.2) is 30.6 Å². The number of hydrogen-bond donors (Lipinski definition) is 1. The zero-order chi connectivity index (χ0) is 13.9. The van der Waals surface area contributed by atoms with Gasteiger partial charge in [0.15, 0.2) is 5.78 Å². The Balaban J connectivity index is 1.70. The van der Waals surface area contributed by atoms with Crippen LogP contribution in [0.25, 0.3) is 0 Å². The molecular weight excluding hydrogens is 252 g/mol. The Bertz CT molecular complexity index is 620. The highest BCUT2D eigenvalue weighted by Crippen LogP contribution is 2.17. The number of nitrogens with one attached hydrogen (secondary N) is 1. The van der Waals surface area contributed by atoms with Crippen molar-refractivity contribution in [3.05, 3.63) is 47.5 Å². The molecule has 2 aromatic rings. The molecule has 1 aliphatic rings. The molecule has 1 aromatic carbocycles. The number of hydrogen-bond acceptors (Lipinski definition) is 4. The van der Waals surface area contributed by atoms with Crippen molar-refractivity contribution >= 4 is 5.78 Å². The van der Waals surface area contributed by atoms with Crippen molar-refractivity contribution in [3.8, 4) is 0 Å². The summed E-state index contributed by atoms with van der Waals surface area (Å²) < 4.78 is 1.77. The maximum absolute atomic E-state index is 12.4. The Hall–Kier alpha value is -2.01. The first kappa shape index (κ1) is 13.0. The fourth-order valence-electron chi connectivity index (χ4n) is 2.65. The fraction of sp³-hybridized carbons (Fsp3) is 0.400. The Morgan fingerprint density at radius 1 is 1.40 bits per heavy atom. The van der Waals surface area contributed by atoms with E-state index >= 15 is 0 Å². The zero-order valence-corrected chi connectivity index (χ0v) is 11.5. The minimum atomic E-state index is -0.119. The predicted octanol–water partition coefficient (Wildman–Crippen LogP) is 1.12. The largest absolute Gasteiger partial charge is 0.303 e. The van der Waals surface area contributed by atoms with Crippen LogP contribution >= 0.6 is 0 Å². The Morgan fingerprint density at radius 2 is 2.20 bits per heavy atom. The molecule has 0 radical (unpaired) electrons. The van der Waals surface area contributed by atoms with Crippen molar-refractivity contribution in [2.45, 2.75) is 38.9 Å². The summed E-state index contributed by atoms with van der Waals surface area (Å²) in [5, 5.41) is 7.42. The summed E-state index contributed by atoms with van der Waals surface area (Å²) in [5.74, 6) is 0.931. The number of fused-ring (bicyclic) bond motifs is 1. The van der Waals surface area contributed by atoms with Crippen LogP contribution in [0.4, 0.5) is 0 Å². The van der Waals surface area contributed by atoms with Crippen LogP contribution in [0.2, 0.25) is 0 Å². The lowest BCUT2D eigenvalue weighted by atomic mass is 9.93. The van der Waals surface area contributed by atoms with Gasteiger partial charge in [0.25, 0.3) is 0 Å². The number of carbonyl (C=O) groups excluding carboxylic acids is 1. The molecule has 2 heterocycles. The van der Waals surface area contributed by atoms with Gasteiger partial charge in [-0.25, -0.2) is 9.67 Å². The first-order chi connectivity index (χ1) is 9.78. The molecular formula is C15H18N4O. The van der Waals surface area contributed by atoms with Gasteiger partial charge < -0.3 is 5.32 Å². The monoisotopic (exact) mass is 270 g/mol. The first-order valence-corrected chi connectivity index (χ1v) is 6.97. The molecule has 0 saturated carbocycles. The predicted molar refractivity (Wildman–Crippen MR) is 75.2 cm³/mol.